The number of rotatable bonds is 2. The highest BCUT2D eigenvalue weighted by Crippen LogP contribution is 2.21. The molecule has 0 radical (unpaired) electrons. The van der Waals surface area contributed by atoms with Gasteiger partial charge in [0, 0.05) is 13.1 Å². The molecule has 0 saturated carbocycles. The first-order valence-corrected chi connectivity index (χ1v) is 6.52. The molecule has 0 aliphatic carbocycles. The fourth-order valence-corrected chi connectivity index (χ4v) is 2.83. The van der Waals surface area contributed by atoms with E-state index < -0.39 is 11.8 Å². The van der Waals surface area contributed by atoms with Gasteiger partial charge in [0.25, 0.3) is 0 Å². The highest BCUT2D eigenvalue weighted by Gasteiger charge is 2.37. The third-order valence-electron chi connectivity index (χ3n) is 3.88. The average molecular weight is 256 g/mol. The minimum absolute atomic E-state index is 0.0948. The van der Waals surface area contributed by atoms with Gasteiger partial charge in [-0.1, -0.05) is 0 Å². The van der Waals surface area contributed by atoms with Gasteiger partial charge in [-0.2, -0.15) is 0 Å². The number of nitrogens with zero attached hydrogens (tertiary/aromatic N) is 2. The van der Waals surface area contributed by atoms with E-state index in [4.69, 9.17) is 0 Å². The van der Waals surface area contributed by atoms with Crippen molar-refractivity contribution < 1.29 is 19.8 Å². The van der Waals surface area contributed by atoms with Gasteiger partial charge in [0.15, 0.2) is 0 Å². The summed E-state index contributed by atoms with van der Waals surface area (Å²) >= 11 is 0. The Labute approximate surface area is 106 Å². The molecule has 0 spiro atoms. The zero-order valence-electron chi connectivity index (χ0n) is 10.4. The molecule has 2 aliphatic rings. The van der Waals surface area contributed by atoms with Crippen LogP contribution in [0.25, 0.3) is 0 Å². The van der Waals surface area contributed by atoms with Gasteiger partial charge < -0.3 is 20.0 Å². The van der Waals surface area contributed by atoms with Crippen molar-refractivity contribution in [2.24, 2.45) is 0 Å². The zero-order chi connectivity index (χ0) is 13.1. The number of likely N-dealkylation sites (tertiary alicyclic amines) is 2. The van der Waals surface area contributed by atoms with E-state index in [1.807, 2.05) is 0 Å². The number of hydrogen-bond acceptors (Lipinski definition) is 4. The van der Waals surface area contributed by atoms with Gasteiger partial charge >= 0.3 is 11.8 Å². The second-order valence-electron chi connectivity index (χ2n) is 4.95. The van der Waals surface area contributed by atoms with Crippen molar-refractivity contribution in [1.82, 2.24) is 9.80 Å². The van der Waals surface area contributed by atoms with E-state index in [2.05, 4.69) is 0 Å². The van der Waals surface area contributed by atoms with Crippen molar-refractivity contribution in [2.45, 2.75) is 37.8 Å². The summed E-state index contributed by atoms with van der Waals surface area (Å²) in [4.78, 5) is 27.1. The fraction of sp³-hybridized carbons (Fsp3) is 0.833. The lowest BCUT2D eigenvalue weighted by molar-refractivity contribution is -0.153. The van der Waals surface area contributed by atoms with Crippen LogP contribution >= 0.6 is 0 Å². The van der Waals surface area contributed by atoms with E-state index in [1.54, 1.807) is 0 Å². The van der Waals surface area contributed by atoms with Crippen LogP contribution in [-0.4, -0.2) is 70.2 Å². The minimum atomic E-state index is -0.535. The van der Waals surface area contributed by atoms with Gasteiger partial charge in [-0.15, -0.1) is 0 Å². The van der Waals surface area contributed by atoms with Gasteiger partial charge in [0.2, 0.25) is 0 Å². The standard InChI is InChI=1S/C12H20N2O4/c15-7-9-3-1-5-13(9)11(17)12(18)14-6-2-4-10(14)8-16/h9-10,15-16H,1-8H2/t9-,10-/m0/s1. The third-order valence-corrected chi connectivity index (χ3v) is 3.88. The molecule has 2 heterocycles. The topological polar surface area (TPSA) is 81.1 Å². The summed E-state index contributed by atoms with van der Waals surface area (Å²) in [6.45, 7) is 0.881. The van der Waals surface area contributed by atoms with Gasteiger partial charge in [-0.25, -0.2) is 0 Å². The van der Waals surface area contributed by atoms with Crippen molar-refractivity contribution in [3.8, 4) is 0 Å². The Bertz CT molecular complexity index is 302. The Kier molecular flexibility index (Phi) is 4.19. The molecule has 0 aromatic rings. The average Bonchev–Trinajstić information content (AvgIpc) is 3.04. The van der Waals surface area contributed by atoms with Crippen LogP contribution in [0.2, 0.25) is 0 Å². The van der Waals surface area contributed by atoms with Crippen LogP contribution < -0.4 is 0 Å². The normalized spacial score (nSPS) is 27.9. The number of hydrogen-bond donors (Lipinski definition) is 2. The molecule has 0 bridgehead atoms. The number of carbonyl (C=O) groups is 2. The van der Waals surface area contributed by atoms with Crippen LogP contribution in [0.5, 0.6) is 0 Å². The highest BCUT2D eigenvalue weighted by molar-refractivity contribution is 6.35. The van der Waals surface area contributed by atoms with Gasteiger partial charge in [0.1, 0.15) is 0 Å². The Morgan fingerprint density at radius 1 is 0.889 bits per heavy atom. The van der Waals surface area contributed by atoms with Crippen molar-refractivity contribution in [3.63, 3.8) is 0 Å². The Hall–Kier alpha value is -1.14. The van der Waals surface area contributed by atoms with E-state index in [0.717, 1.165) is 25.7 Å². The summed E-state index contributed by atoms with van der Waals surface area (Å²) < 4.78 is 0. The van der Waals surface area contributed by atoms with Crippen LogP contribution in [-0.2, 0) is 9.59 Å². The molecule has 2 fully saturated rings. The minimum Gasteiger partial charge on any atom is -0.394 e. The molecule has 0 aromatic carbocycles. The van der Waals surface area contributed by atoms with E-state index in [-0.39, 0.29) is 25.3 Å². The molecule has 6 nitrogen and oxygen atoms in total. The molecule has 2 N–H and O–H groups in total. The summed E-state index contributed by atoms with van der Waals surface area (Å²) in [6, 6.07) is -0.451. The first kappa shape index (κ1) is 13.3. The van der Waals surface area contributed by atoms with Crippen LogP contribution in [0.4, 0.5) is 0 Å². The lowest BCUT2D eigenvalue weighted by atomic mass is 10.2. The summed E-state index contributed by atoms with van der Waals surface area (Å²) in [5.41, 5.74) is 0. The summed E-state index contributed by atoms with van der Waals surface area (Å²) in [5.74, 6) is -1.07. The maximum absolute atomic E-state index is 12.1. The molecular formula is C12H20N2O4. The molecule has 0 aromatic heterocycles. The van der Waals surface area contributed by atoms with E-state index in [1.165, 1.54) is 9.80 Å². The molecule has 2 rings (SSSR count). The smallest absolute Gasteiger partial charge is 0.312 e. The van der Waals surface area contributed by atoms with Crippen molar-refractivity contribution in [2.75, 3.05) is 26.3 Å². The quantitative estimate of drug-likeness (QED) is 0.618. The van der Waals surface area contributed by atoms with Gasteiger partial charge in [-0.05, 0) is 25.7 Å². The fourth-order valence-electron chi connectivity index (χ4n) is 2.83. The second kappa shape index (κ2) is 5.67. The number of aliphatic hydroxyl groups is 2. The van der Waals surface area contributed by atoms with E-state index in [9.17, 15) is 19.8 Å². The second-order valence-corrected chi connectivity index (χ2v) is 4.95. The van der Waals surface area contributed by atoms with Crippen LogP contribution in [0, 0.1) is 0 Å². The van der Waals surface area contributed by atoms with Crippen molar-refractivity contribution in [3.05, 3.63) is 0 Å². The maximum atomic E-state index is 12.1. The molecule has 2 saturated heterocycles. The van der Waals surface area contributed by atoms with Gasteiger partial charge in [-0.3, -0.25) is 9.59 Å². The van der Waals surface area contributed by atoms with Crippen molar-refractivity contribution >= 4 is 11.8 Å². The number of aliphatic hydroxyl groups excluding tert-OH is 2. The molecule has 6 heteroatoms. The van der Waals surface area contributed by atoms with Gasteiger partial charge in [0.05, 0.1) is 25.3 Å². The van der Waals surface area contributed by atoms with Crippen LogP contribution in [0.1, 0.15) is 25.7 Å². The SMILES string of the molecule is O=C(C(=O)N1CCC[C@H]1CO)N1CCC[C@H]1CO. The lowest BCUT2D eigenvalue weighted by Gasteiger charge is -2.27. The molecule has 0 unspecified atom stereocenters. The third kappa shape index (κ3) is 2.35. The molecule has 2 atom stereocenters. The molecular weight excluding hydrogens is 236 g/mol. The highest BCUT2D eigenvalue weighted by atomic mass is 16.3. The summed E-state index contributed by atoms with van der Waals surface area (Å²) in [6.07, 6.45) is 3.15. The predicted molar refractivity (Wildman–Crippen MR) is 63.6 cm³/mol. The predicted octanol–water partition coefficient (Wildman–Crippen LogP) is -1.05. The lowest BCUT2D eigenvalue weighted by Crippen LogP contribution is -2.49. The monoisotopic (exact) mass is 256 g/mol. The van der Waals surface area contributed by atoms with E-state index >= 15 is 0 Å². The zero-order valence-corrected chi connectivity index (χ0v) is 10.4. The Balaban J connectivity index is 2.02. The first-order chi connectivity index (χ1) is 8.69. The largest absolute Gasteiger partial charge is 0.394 e. The first-order valence-electron chi connectivity index (χ1n) is 6.52. The maximum Gasteiger partial charge on any atom is 0.312 e. The Morgan fingerprint density at radius 3 is 1.61 bits per heavy atom. The van der Waals surface area contributed by atoms with Crippen LogP contribution in [0.3, 0.4) is 0 Å². The number of amides is 2. The van der Waals surface area contributed by atoms with Crippen molar-refractivity contribution in [1.29, 1.82) is 0 Å². The van der Waals surface area contributed by atoms with Crippen LogP contribution in [0.15, 0.2) is 0 Å². The molecule has 102 valence electrons. The summed E-state index contributed by atoms with van der Waals surface area (Å²) in [7, 11) is 0. The van der Waals surface area contributed by atoms with E-state index in [0.29, 0.717) is 13.1 Å². The summed E-state index contributed by atoms with van der Waals surface area (Å²) in [5, 5.41) is 18.3. The Morgan fingerprint density at radius 2 is 1.28 bits per heavy atom. The molecule has 18 heavy (non-hydrogen) atoms. The molecule has 2 aliphatic heterocycles. The molecule has 2 amide bonds. The number of carbonyl (C=O) groups excluding carboxylic acids is 2.